The van der Waals surface area contributed by atoms with E-state index in [1.807, 2.05) is 0 Å². The van der Waals surface area contributed by atoms with Crippen molar-refractivity contribution in [2.75, 3.05) is 13.2 Å². The summed E-state index contributed by atoms with van der Waals surface area (Å²) in [5.41, 5.74) is -18.9. The van der Waals surface area contributed by atoms with E-state index in [4.69, 9.17) is 56.8 Å². The van der Waals surface area contributed by atoms with Gasteiger partial charge in [-0.3, -0.25) is 0 Å². The van der Waals surface area contributed by atoms with Crippen molar-refractivity contribution in [2.24, 2.45) is 0 Å². The van der Waals surface area contributed by atoms with E-state index in [-0.39, 0.29) is 24.3 Å². The Kier molecular flexibility index (Phi) is 20.1. The molecule has 5 aliphatic rings. The highest BCUT2D eigenvalue weighted by molar-refractivity contribution is 6.12. The monoisotopic (exact) mass is 1720 g/mol. The van der Waals surface area contributed by atoms with Gasteiger partial charge in [-0.1, -0.05) is 0 Å². The predicted molar refractivity (Wildman–Crippen MR) is 379 cm³/mol. The number of phenolic OH excluding ortho intramolecular Hbond substituents is 26. The van der Waals surface area contributed by atoms with E-state index in [1.165, 1.54) is 0 Å². The summed E-state index contributed by atoms with van der Waals surface area (Å²) in [5, 5.41) is 297. The number of hydrogen-bond donors (Lipinski definition) is 27. The fraction of sp³-hybridized carbons (Fsp3) is 0.160. The lowest BCUT2D eigenvalue weighted by Gasteiger charge is -2.43. The van der Waals surface area contributed by atoms with Crippen LogP contribution in [-0.2, 0) is 52.1 Å². The molecule has 0 spiro atoms. The van der Waals surface area contributed by atoms with E-state index in [9.17, 15) is 162 Å². The number of aromatic hydroxyl groups is 26. The number of ether oxygens (including phenoxy) is 12. The van der Waals surface area contributed by atoms with Crippen LogP contribution in [0.1, 0.15) is 93.2 Å². The largest absolute Gasteiger partial charge is 0.504 e. The number of hydrogen-bond acceptors (Lipinski definition) is 48. The van der Waals surface area contributed by atoms with Gasteiger partial charge in [0.25, 0.3) is 0 Å². The Morgan fingerprint density at radius 2 is 0.585 bits per heavy atom. The zero-order valence-electron chi connectivity index (χ0n) is 60.2. The second-order valence-electron chi connectivity index (χ2n) is 26.8. The molecule has 640 valence electrons. The van der Waals surface area contributed by atoms with E-state index in [0.717, 1.165) is 0 Å². The van der Waals surface area contributed by atoms with Gasteiger partial charge in [-0.05, 0) is 54.6 Å². The summed E-state index contributed by atoms with van der Waals surface area (Å²) in [7, 11) is 0. The molecule has 9 aromatic carbocycles. The van der Waals surface area contributed by atoms with Crippen LogP contribution >= 0.6 is 0 Å². The van der Waals surface area contributed by atoms with Crippen molar-refractivity contribution in [1.82, 2.24) is 0 Å². The van der Waals surface area contributed by atoms with Crippen molar-refractivity contribution >= 4 is 53.7 Å². The first kappa shape index (κ1) is 82.2. The number of fused-ring (bicyclic) bond motifs is 13. The van der Waals surface area contributed by atoms with Gasteiger partial charge in [0.1, 0.15) is 31.0 Å². The number of carbonyl (C=O) groups excluding carboxylic acids is 9. The fourth-order valence-corrected chi connectivity index (χ4v) is 13.6. The lowest BCUT2D eigenvalue weighted by Crippen LogP contribution is -2.63. The highest BCUT2D eigenvalue weighted by Gasteiger charge is 2.58. The zero-order chi connectivity index (χ0) is 89.5. The van der Waals surface area contributed by atoms with Crippen molar-refractivity contribution < 1.29 is 238 Å². The summed E-state index contributed by atoms with van der Waals surface area (Å²) >= 11 is 0. The van der Waals surface area contributed by atoms with E-state index in [0.29, 0.717) is 42.5 Å². The van der Waals surface area contributed by atoms with Crippen LogP contribution in [0.5, 0.6) is 161 Å². The minimum absolute atomic E-state index is 0.0888. The molecule has 0 amide bonds. The normalized spacial score (nSPS) is 20.4. The zero-order valence-corrected chi connectivity index (χ0v) is 60.2. The molecule has 10 unspecified atom stereocenters. The third kappa shape index (κ3) is 13.6. The molecule has 0 aromatic heterocycles. The van der Waals surface area contributed by atoms with Crippen LogP contribution in [0.3, 0.4) is 0 Å². The Hall–Kier alpha value is -17.3. The van der Waals surface area contributed by atoms with Gasteiger partial charge in [0.2, 0.25) is 58.4 Å². The van der Waals surface area contributed by atoms with Gasteiger partial charge < -0.3 is 195 Å². The molecule has 0 bridgehead atoms. The van der Waals surface area contributed by atoms with Gasteiger partial charge in [-0.2, -0.15) is 0 Å². The summed E-state index contributed by atoms with van der Waals surface area (Å²) < 4.78 is 67.9. The lowest BCUT2D eigenvalue weighted by atomic mass is 9.91. The molecule has 5 aliphatic heterocycles. The fourth-order valence-electron chi connectivity index (χ4n) is 13.6. The average molecular weight is 1720 g/mol. The smallest absolute Gasteiger partial charge is 0.342 e. The Bertz CT molecular complexity index is 6140. The van der Waals surface area contributed by atoms with Crippen LogP contribution in [-0.4, -0.2) is 266 Å². The molecule has 2 saturated heterocycles. The van der Waals surface area contributed by atoms with Crippen molar-refractivity contribution in [2.45, 2.75) is 61.4 Å². The number of carbonyl (C=O) groups is 9. The number of esters is 9. The van der Waals surface area contributed by atoms with Gasteiger partial charge in [0.15, 0.2) is 152 Å². The van der Waals surface area contributed by atoms with Crippen LogP contribution in [0.25, 0.3) is 33.4 Å². The molecule has 48 heteroatoms. The molecule has 123 heavy (non-hydrogen) atoms. The van der Waals surface area contributed by atoms with E-state index >= 15 is 19.2 Å². The topological polar surface area (TPSA) is 811 Å². The molecule has 2 fully saturated rings. The number of rotatable bonds is 8. The van der Waals surface area contributed by atoms with Crippen molar-refractivity contribution in [3.8, 4) is 194 Å². The molecule has 27 N–H and O–H groups in total. The minimum Gasteiger partial charge on any atom is -0.504 e. The Labute approximate surface area is 675 Å². The molecule has 10 atom stereocenters. The Morgan fingerprint density at radius 1 is 0.285 bits per heavy atom. The SMILES string of the molecule is O=C(OC1OC2COC(=O)c3cc(O)c(O)c(O)c3-c3c(cc(O)c(O)c3O)C(=O)OC2C(OC(=O)c2cc(O)c(O)c(O)c2)C1OC(=O)c1cc(O)c(O)c(O)c1Oc1cc2c(c(O)c1O)-c1c(cc(O)c(O)c1O)C(=O)OC1C(COC2=O)OC(O)C2OC(=O)c3cc(O)c(O)c(O)c3-c3c(cc(O)c(O)c3O)C(=O)OC21)c1cc(O)c(O)c(O)c1. The van der Waals surface area contributed by atoms with Gasteiger partial charge in [0.05, 0.1) is 44.5 Å². The molecule has 9 aromatic rings. The number of cyclic esters (lactones) is 2. The molecule has 5 heterocycles. The molecule has 0 saturated carbocycles. The minimum atomic E-state index is -3.09. The molecule has 0 radical (unpaired) electrons. The molecule has 14 rings (SSSR count). The van der Waals surface area contributed by atoms with Gasteiger partial charge in [-0.15, -0.1) is 0 Å². The molecular formula is C75H52O48. The summed E-state index contributed by atoms with van der Waals surface area (Å²) in [4.78, 5) is 133. The van der Waals surface area contributed by atoms with Crippen LogP contribution < -0.4 is 4.74 Å². The summed E-state index contributed by atoms with van der Waals surface area (Å²) in [6, 6.07) is 3.38. The highest BCUT2D eigenvalue weighted by atomic mass is 16.8. The van der Waals surface area contributed by atoms with Gasteiger partial charge in [-0.25, -0.2) is 43.2 Å². The third-order valence-corrected chi connectivity index (χ3v) is 19.5. The lowest BCUT2D eigenvalue weighted by molar-refractivity contribution is -0.284. The highest BCUT2D eigenvalue weighted by Crippen LogP contribution is 2.59. The molecular weight excluding hydrogens is 1670 g/mol. The quantitative estimate of drug-likeness (QED) is 0.0591. The first-order valence-electron chi connectivity index (χ1n) is 34.2. The second kappa shape index (κ2) is 30.0. The number of aliphatic hydroxyl groups is 1. The van der Waals surface area contributed by atoms with E-state index in [2.05, 4.69) is 0 Å². The summed E-state index contributed by atoms with van der Waals surface area (Å²) in [5.74, 6) is -60.3. The first-order chi connectivity index (χ1) is 57.9. The van der Waals surface area contributed by atoms with Crippen LogP contribution in [0, 0.1) is 0 Å². The summed E-state index contributed by atoms with van der Waals surface area (Å²) in [6.07, 6.45) is -27.3. The van der Waals surface area contributed by atoms with Crippen molar-refractivity contribution in [1.29, 1.82) is 0 Å². The summed E-state index contributed by atoms with van der Waals surface area (Å²) in [6.45, 7) is -3.03. The van der Waals surface area contributed by atoms with Crippen LogP contribution in [0.15, 0.2) is 66.7 Å². The Morgan fingerprint density at radius 3 is 0.984 bits per heavy atom. The van der Waals surface area contributed by atoms with Crippen molar-refractivity contribution in [3.05, 3.63) is 117 Å². The van der Waals surface area contributed by atoms with E-state index in [1.54, 1.807) is 0 Å². The van der Waals surface area contributed by atoms with E-state index < -0.39 is 373 Å². The van der Waals surface area contributed by atoms with Gasteiger partial charge in [0, 0.05) is 45.5 Å². The van der Waals surface area contributed by atoms with Crippen LogP contribution in [0.2, 0.25) is 0 Å². The molecule has 0 aliphatic carbocycles. The number of phenols is 26. The third-order valence-electron chi connectivity index (χ3n) is 19.5. The molecule has 48 nitrogen and oxygen atoms in total. The maximum absolute atomic E-state index is 15.5. The van der Waals surface area contributed by atoms with Crippen LogP contribution in [0.4, 0.5) is 0 Å². The Balaban J connectivity index is 0.890. The maximum Gasteiger partial charge on any atom is 0.342 e. The number of aliphatic hydroxyl groups excluding tert-OH is 1. The first-order valence-corrected chi connectivity index (χ1v) is 34.2. The predicted octanol–water partition coefficient (Wildman–Crippen LogP) is 2.73. The average Bonchev–Trinajstić information content (AvgIpc) is 1.33. The van der Waals surface area contributed by atoms with Crippen molar-refractivity contribution in [3.63, 3.8) is 0 Å². The second-order valence-corrected chi connectivity index (χ2v) is 26.8. The standard InChI is InChI=1S/C75H52O48/c76-23-1-14(2-24(77)42(23)86)65(102)119-62-60-35(13-113-67(104)16-5-27(80)44(88)51(95)36(16)37-17(70(107)118-60)6-28(81)45(89)52(37)96)116-75(123-66(103)15-3-25(78)43(87)26(79)4-15)64(62)122-73(110)22-10-32(85)49(93)57(101)58(22)114-33-11-21-41(56(100)50(33)94)40-18(7-29(82)48(92)55(40)99)69(106)117-59-34(12-112-68(21)105)115-74(111)63-61(59)120-71(108)19-8-30(83)46(90)53(97)38(19)39-20(72(109)121-63)9-31(84)47(91)54(39)98/h1-11,34-35,59-64,74-101,111H,12-13H2. The van der Waals surface area contributed by atoms with Gasteiger partial charge >= 0.3 is 53.7 Å². The number of benzene rings is 9. The maximum atomic E-state index is 15.5.